The minimum absolute atomic E-state index is 0.141. The molecule has 1 amide bonds. The third kappa shape index (κ3) is 4.83. The predicted octanol–water partition coefficient (Wildman–Crippen LogP) is 3.37. The number of hydrogen-bond acceptors (Lipinski definition) is 4. The number of nitrogens with zero attached hydrogens (tertiary/aromatic N) is 1. The summed E-state index contributed by atoms with van der Waals surface area (Å²) >= 11 is 0. The van der Waals surface area contributed by atoms with Crippen molar-refractivity contribution in [2.24, 2.45) is 0 Å². The Balaban J connectivity index is 2.14. The molecule has 0 heterocycles. The fraction of sp³-hybridized carbons (Fsp3) is 0.316. The molecule has 0 aliphatic heterocycles. The molecule has 0 unspecified atom stereocenters. The second-order valence-electron chi connectivity index (χ2n) is 5.96. The Morgan fingerprint density at radius 1 is 1.08 bits per heavy atom. The van der Waals surface area contributed by atoms with Crippen LogP contribution in [-0.4, -0.2) is 39.3 Å². The molecule has 0 bridgehead atoms. The Hall–Kier alpha value is -2.38. The molecule has 2 rings (SSSR count). The fourth-order valence-electron chi connectivity index (χ4n) is 2.21. The highest BCUT2D eigenvalue weighted by Crippen LogP contribution is 2.25. The second-order valence-corrected chi connectivity index (χ2v) is 8.12. The summed E-state index contributed by atoms with van der Waals surface area (Å²) in [4.78, 5) is 12.6. The van der Waals surface area contributed by atoms with Crippen LogP contribution in [0.25, 0.3) is 0 Å². The summed E-state index contributed by atoms with van der Waals surface area (Å²) in [5.41, 5.74) is 0.949. The number of hydrogen-bond donors (Lipinski definition) is 1. The number of benzene rings is 2. The highest BCUT2D eigenvalue weighted by Gasteiger charge is 2.18. The highest BCUT2D eigenvalue weighted by atomic mass is 32.2. The van der Waals surface area contributed by atoms with Gasteiger partial charge in [-0.15, -0.1) is 0 Å². The molecule has 0 saturated heterocycles. The van der Waals surface area contributed by atoms with Gasteiger partial charge in [-0.2, -0.15) is 0 Å². The molecule has 0 spiro atoms. The van der Waals surface area contributed by atoms with Gasteiger partial charge in [0.15, 0.2) is 0 Å². The maximum Gasteiger partial charge on any atom is 0.255 e. The quantitative estimate of drug-likeness (QED) is 0.717. The zero-order valence-electron chi connectivity index (χ0n) is 15.2. The van der Waals surface area contributed by atoms with Crippen LogP contribution in [-0.2, 0) is 10.0 Å². The molecule has 26 heavy (non-hydrogen) atoms. The minimum Gasteiger partial charge on any atom is -0.491 e. The van der Waals surface area contributed by atoms with Crippen LogP contribution in [0, 0.1) is 0 Å². The number of rotatable bonds is 8. The number of anilines is 1. The molecule has 0 saturated carbocycles. The van der Waals surface area contributed by atoms with Gasteiger partial charge in [-0.1, -0.05) is 25.5 Å². The number of nitrogens with one attached hydrogen (secondary N) is 1. The van der Waals surface area contributed by atoms with Crippen molar-refractivity contribution >= 4 is 21.6 Å². The van der Waals surface area contributed by atoms with Crippen molar-refractivity contribution in [3.8, 4) is 5.75 Å². The average Bonchev–Trinajstić information content (AvgIpc) is 2.63. The third-order valence-electron chi connectivity index (χ3n) is 3.79. The lowest BCUT2D eigenvalue weighted by Gasteiger charge is -2.13. The van der Waals surface area contributed by atoms with Gasteiger partial charge >= 0.3 is 0 Å². The largest absolute Gasteiger partial charge is 0.491 e. The van der Waals surface area contributed by atoms with Gasteiger partial charge in [0.25, 0.3) is 5.91 Å². The summed E-state index contributed by atoms with van der Waals surface area (Å²) in [6.45, 7) is 2.66. The first-order chi connectivity index (χ1) is 12.4. The summed E-state index contributed by atoms with van der Waals surface area (Å²) < 4.78 is 31.0. The smallest absolute Gasteiger partial charge is 0.255 e. The predicted molar refractivity (Wildman–Crippen MR) is 102 cm³/mol. The van der Waals surface area contributed by atoms with Crippen molar-refractivity contribution < 1.29 is 17.9 Å². The summed E-state index contributed by atoms with van der Waals surface area (Å²) in [7, 11) is -0.589. The van der Waals surface area contributed by atoms with E-state index in [4.69, 9.17) is 4.74 Å². The van der Waals surface area contributed by atoms with E-state index in [0.29, 0.717) is 23.6 Å². The van der Waals surface area contributed by atoms with Crippen molar-refractivity contribution in [1.82, 2.24) is 4.31 Å². The molecule has 7 heteroatoms. The lowest BCUT2D eigenvalue weighted by Crippen LogP contribution is -2.22. The maximum atomic E-state index is 12.5. The Morgan fingerprint density at radius 3 is 2.35 bits per heavy atom. The van der Waals surface area contributed by atoms with Crippen LogP contribution >= 0.6 is 0 Å². The van der Waals surface area contributed by atoms with Crippen LogP contribution < -0.4 is 10.1 Å². The van der Waals surface area contributed by atoms with Gasteiger partial charge in [-0.3, -0.25) is 4.79 Å². The van der Waals surface area contributed by atoms with Crippen molar-refractivity contribution in [1.29, 1.82) is 0 Å². The monoisotopic (exact) mass is 376 g/mol. The molecule has 2 aromatic carbocycles. The second kappa shape index (κ2) is 8.82. The van der Waals surface area contributed by atoms with Crippen molar-refractivity contribution in [2.75, 3.05) is 26.0 Å². The first kappa shape index (κ1) is 19.9. The molecule has 0 aromatic heterocycles. The first-order valence-electron chi connectivity index (χ1n) is 8.42. The van der Waals surface area contributed by atoms with E-state index >= 15 is 0 Å². The number of amides is 1. The van der Waals surface area contributed by atoms with Crippen LogP contribution in [0.15, 0.2) is 53.4 Å². The third-order valence-corrected chi connectivity index (χ3v) is 5.62. The molecule has 140 valence electrons. The minimum atomic E-state index is -3.52. The van der Waals surface area contributed by atoms with E-state index in [0.717, 1.165) is 17.1 Å². The standard InChI is InChI=1S/C19H24N2O4S/c1-4-5-14-25-18-9-7-6-8-17(18)20-19(22)15-10-12-16(13-11-15)26(23,24)21(2)3/h6-13H,4-5,14H2,1-3H3,(H,20,22). The van der Waals surface area contributed by atoms with Crippen LogP contribution in [0.5, 0.6) is 5.75 Å². The molecule has 1 N–H and O–H groups in total. The lowest BCUT2D eigenvalue weighted by molar-refractivity contribution is 0.102. The number of para-hydroxylation sites is 2. The topological polar surface area (TPSA) is 75.7 Å². The van der Waals surface area contributed by atoms with E-state index in [9.17, 15) is 13.2 Å². The van der Waals surface area contributed by atoms with Gasteiger partial charge in [0.1, 0.15) is 5.75 Å². The van der Waals surface area contributed by atoms with Gasteiger partial charge in [0.05, 0.1) is 17.2 Å². The molecule has 2 aromatic rings. The zero-order valence-corrected chi connectivity index (χ0v) is 16.0. The van der Waals surface area contributed by atoms with E-state index in [1.165, 1.54) is 38.4 Å². The molecule has 0 aliphatic rings. The van der Waals surface area contributed by atoms with Crippen LogP contribution in [0.2, 0.25) is 0 Å². The molecular formula is C19H24N2O4S. The van der Waals surface area contributed by atoms with Gasteiger partial charge < -0.3 is 10.1 Å². The summed E-state index contributed by atoms with van der Waals surface area (Å²) in [6, 6.07) is 13.1. The molecule has 0 radical (unpaired) electrons. The van der Waals surface area contributed by atoms with Gasteiger partial charge in [0.2, 0.25) is 10.0 Å². The number of unbranched alkanes of at least 4 members (excludes halogenated alkanes) is 1. The van der Waals surface area contributed by atoms with E-state index in [1.54, 1.807) is 12.1 Å². The van der Waals surface area contributed by atoms with E-state index < -0.39 is 10.0 Å². The van der Waals surface area contributed by atoms with Crippen molar-refractivity contribution in [2.45, 2.75) is 24.7 Å². The number of carbonyl (C=O) groups is 1. The highest BCUT2D eigenvalue weighted by molar-refractivity contribution is 7.89. The van der Waals surface area contributed by atoms with Crippen LogP contribution in [0.1, 0.15) is 30.1 Å². The first-order valence-corrected chi connectivity index (χ1v) is 9.86. The van der Waals surface area contributed by atoms with E-state index in [1.807, 2.05) is 12.1 Å². The average molecular weight is 376 g/mol. The normalized spacial score (nSPS) is 11.4. The van der Waals surface area contributed by atoms with Crippen LogP contribution in [0.4, 0.5) is 5.69 Å². The zero-order chi connectivity index (χ0) is 19.2. The summed E-state index contributed by atoms with van der Waals surface area (Å²) in [5, 5.41) is 2.81. The summed E-state index contributed by atoms with van der Waals surface area (Å²) in [5.74, 6) is 0.284. The number of sulfonamides is 1. The van der Waals surface area contributed by atoms with Gasteiger partial charge in [-0.25, -0.2) is 12.7 Å². The summed E-state index contributed by atoms with van der Waals surface area (Å²) in [6.07, 6.45) is 1.96. The lowest BCUT2D eigenvalue weighted by atomic mass is 10.2. The number of carbonyl (C=O) groups excluding carboxylic acids is 1. The fourth-order valence-corrected chi connectivity index (χ4v) is 3.11. The van der Waals surface area contributed by atoms with E-state index in [2.05, 4.69) is 12.2 Å². The molecule has 0 atom stereocenters. The Kier molecular flexibility index (Phi) is 6.76. The SMILES string of the molecule is CCCCOc1ccccc1NC(=O)c1ccc(S(=O)(=O)N(C)C)cc1. The molecule has 6 nitrogen and oxygen atoms in total. The maximum absolute atomic E-state index is 12.5. The van der Waals surface area contributed by atoms with E-state index in [-0.39, 0.29) is 10.8 Å². The Bertz CT molecular complexity index is 846. The number of ether oxygens (including phenoxy) is 1. The van der Waals surface area contributed by atoms with Crippen molar-refractivity contribution in [3.05, 3.63) is 54.1 Å². The molecule has 0 aliphatic carbocycles. The van der Waals surface area contributed by atoms with Gasteiger partial charge in [0, 0.05) is 19.7 Å². The van der Waals surface area contributed by atoms with Gasteiger partial charge in [-0.05, 0) is 42.8 Å². The van der Waals surface area contributed by atoms with Crippen LogP contribution in [0.3, 0.4) is 0 Å². The Morgan fingerprint density at radius 2 is 1.73 bits per heavy atom. The van der Waals surface area contributed by atoms with Crippen molar-refractivity contribution in [3.63, 3.8) is 0 Å². The molecule has 0 fully saturated rings. The molecular weight excluding hydrogens is 352 g/mol. The Labute approximate surface area is 154 Å².